The molecular weight excluding hydrogens is 204 g/mol. The van der Waals surface area contributed by atoms with Crippen molar-refractivity contribution in [2.24, 2.45) is 23.2 Å². The molecule has 0 spiro atoms. The molecule has 3 aliphatic carbocycles. The molecule has 0 aromatic carbocycles. The van der Waals surface area contributed by atoms with E-state index in [1.165, 1.54) is 25.7 Å². The molecule has 0 heterocycles. The minimum Gasteiger partial charge on any atom is -0.0879 e. The van der Waals surface area contributed by atoms with Crippen LogP contribution >= 0.6 is 0 Å². The van der Waals surface area contributed by atoms with Gasteiger partial charge in [-0.15, -0.1) is 0 Å². The molecular formula is C17H34. The van der Waals surface area contributed by atoms with Crippen LogP contribution in [-0.2, 0) is 0 Å². The van der Waals surface area contributed by atoms with Gasteiger partial charge in [0.05, 0.1) is 0 Å². The molecule has 3 unspecified atom stereocenters. The van der Waals surface area contributed by atoms with E-state index in [1.807, 2.05) is 13.8 Å². The van der Waals surface area contributed by atoms with Crippen molar-refractivity contribution in [3.8, 4) is 0 Å². The zero-order valence-corrected chi connectivity index (χ0v) is 13.2. The average molecular weight is 238 g/mol. The predicted octanol–water partition coefficient (Wildman–Crippen LogP) is 6.08. The monoisotopic (exact) mass is 238 g/mol. The first-order valence-corrected chi connectivity index (χ1v) is 7.76. The predicted molar refractivity (Wildman–Crippen MR) is 80.2 cm³/mol. The highest BCUT2D eigenvalue weighted by atomic mass is 14.6. The zero-order chi connectivity index (χ0) is 13.5. The average Bonchev–Trinajstić information content (AvgIpc) is 2.33. The summed E-state index contributed by atoms with van der Waals surface area (Å²) < 4.78 is 0. The Hall–Kier alpha value is -0.260. The van der Waals surface area contributed by atoms with Gasteiger partial charge in [-0.3, -0.25) is 0 Å². The minimum atomic E-state index is 0.620. The Bertz CT molecular complexity index is 212. The number of rotatable bonds is 2. The van der Waals surface area contributed by atoms with Gasteiger partial charge in [0.15, 0.2) is 0 Å². The van der Waals surface area contributed by atoms with Gasteiger partial charge in [0, 0.05) is 0 Å². The van der Waals surface area contributed by atoms with E-state index in [2.05, 4.69) is 46.8 Å². The Morgan fingerprint density at radius 3 is 1.94 bits per heavy atom. The standard InChI is InChI=1S/C12H20.C3H8.C2H6/c1-4-6-9-10-7-5-8-11(9)12(10,2)3;1-3-2;1-2/h5,7,9-11H,4,6,8H2,1-3H3;3H2,1-2H3;1-2H3. The second kappa shape index (κ2) is 7.95. The van der Waals surface area contributed by atoms with Crippen LogP contribution in [0.25, 0.3) is 0 Å². The number of allylic oxidation sites excluding steroid dienone is 2. The van der Waals surface area contributed by atoms with Gasteiger partial charge in [-0.2, -0.15) is 0 Å². The van der Waals surface area contributed by atoms with Crippen molar-refractivity contribution >= 4 is 0 Å². The third kappa shape index (κ3) is 3.60. The van der Waals surface area contributed by atoms with E-state index in [0.29, 0.717) is 5.41 Å². The first kappa shape index (κ1) is 16.7. The zero-order valence-electron chi connectivity index (χ0n) is 13.2. The van der Waals surface area contributed by atoms with Crippen molar-refractivity contribution in [1.29, 1.82) is 0 Å². The number of hydrogen-bond acceptors (Lipinski definition) is 0. The summed E-state index contributed by atoms with van der Waals surface area (Å²) in [5.74, 6) is 2.92. The van der Waals surface area contributed by atoms with Gasteiger partial charge in [0.1, 0.15) is 0 Å². The molecule has 0 saturated heterocycles. The van der Waals surface area contributed by atoms with E-state index in [1.54, 1.807) is 0 Å². The summed E-state index contributed by atoms with van der Waals surface area (Å²) in [5, 5.41) is 0. The molecule has 17 heavy (non-hydrogen) atoms. The third-order valence-corrected chi connectivity index (χ3v) is 4.15. The summed E-state index contributed by atoms with van der Waals surface area (Å²) in [7, 11) is 0. The summed E-state index contributed by atoms with van der Waals surface area (Å²) in [5.41, 5.74) is 0.620. The fraction of sp³-hybridized carbons (Fsp3) is 0.882. The van der Waals surface area contributed by atoms with Crippen molar-refractivity contribution in [2.75, 3.05) is 0 Å². The smallest absolute Gasteiger partial charge is 0.0148 e. The SMILES string of the molecule is CC.CCC.CCCC1C2C=CCC1C2(C)C. The quantitative estimate of drug-likeness (QED) is 0.512. The lowest BCUT2D eigenvalue weighted by atomic mass is 9.44. The van der Waals surface area contributed by atoms with Gasteiger partial charge < -0.3 is 0 Å². The Balaban J connectivity index is 0.000000450. The Morgan fingerprint density at radius 1 is 1.12 bits per heavy atom. The van der Waals surface area contributed by atoms with Gasteiger partial charge >= 0.3 is 0 Å². The second-order valence-electron chi connectivity index (χ2n) is 5.78. The van der Waals surface area contributed by atoms with E-state index in [-0.39, 0.29) is 0 Å². The van der Waals surface area contributed by atoms with E-state index < -0.39 is 0 Å². The highest BCUT2D eigenvalue weighted by Crippen LogP contribution is 2.61. The maximum Gasteiger partial charge on any atom is -0.0148 e. The van der Waals surface area contributed by atoms with Crippen LogP contribution in [0.2, 0.25) is 0 Å². The van der Waals surface area contributed by atoms with Crippen molar-refractivity contribution in [3.05, 3.63) is 12.2 Å². The lowest BCUT2D eigenvalue weighted by Crippen LogP contribution is -2.54. The molecule has 0 aliphatic heterocycles. The van der Waals surface area contributed by atoms with E-state index in [9.17, 15) is 0 Å². The van der Waals surface area contributed by atoms with Crippen molar-refractivity contribution in [3.63, 3.8) is 0 Å². The van der Waals surface area contributed by atoms with E-state index in [0.717, 1.165) is 17.8 Å². The van der Waals surface area contributed by atoms with Gasteiger partial charge in [-0.25, -0.2) is 0 Å². The summed E-state index contributed by atoms with van der Waals surface area (Å²) in [6.45, 7) is 15.4. The van der Waals surface area contributed by atoms with E-state index >= 15 is 0 Å². The van der Waals surface area contributed by atoms with Crippen LogP contribution in [0, 0.1) is 23.2 Å². The van der Waals surface area contributed by atoms with Crippen LogP contribution in [0.4, 0.5) is 0 Å². The molecule has 0 N–H and O–H groups in total. The van der Waals surface area contributed by atoms with Gasteiger partial charge in [0.2, 0.25) is 0 Å². The fourth-order valence-corrected chi connectivity index (χ4v) is 3.44. The fourth-order valence-electron chi connectivity index (χ4n) is 3.44. The molecule has 0 aromatic rings. The minimum absolute atomic E-state index is 0.620. The largest absolute Gasteiger partial charge is 0.0879 e. The normalized spacial score (nSPS) is 31.4. The third-order valence-electron chi connectivity index (χ3n) is 4.15. The Labute approximate surface area is 110 Å². The molecule has 1 saturated carbocycles. The van der Waals surface area contributed by atoms with Crippen molar-refractivity contribution in [2.45, 2.75) is 74.1 Å². The van der Waals surface area contributed by atoms with Crippen LogP contribution < -0.4 is 0 Å². The molecule has 0 heteroatoms. The summed E-state index contributed by atoms with van der Waals surface area (Å²) in [6, 6.07) is 0. The van der Waals surface area contributed by atoms with Crippen LogP contribution in [-0.4, -0.2) is 0 Å². The van der Waals surface area contributed by atoms with Crippen LogP contribution in [0.5, 0.6) is 0 Å². The molecule has 1 fully saturated rings. The molecule has 0 amide bonds. The molecule has 2 bridgehead atoms. The first-order valence-electron chi connectivity index (χ1n) is 7.76. The molecule has 3 rings (SSSR count). The van der Waals surface area contributed by atoms with Crippen LogP contribution in [0.3, 0.4) is 0 Å². The highest BCUT2D eigenvalue weighted by molar-refractivity contribution is 5.17. The molecule has 0 aromatic heterocycles. The topological polar surface area (TPSA) is 0 Å². The van der Waals surface area contributed by atoms with Gasteiger partial charge in [-0.05, 0) is 36.0 Å². The summed E-state index contributed by atoms with van der Waals surface area (Å²) >= 11 is 0. The Kier molecular flexibility index (Phi) is 7.83. The van der Waals surface area contributed by atoms with Crippen molar-refractivity contribution in [1.82, 2.24) is 0 Å². The molecule has 3 aliphatic rings. The second-order valence-corrected chi connectivity index (χ2v) is 5.78. The van der Waals surface area contributed by atoms with Gasteiger partial charge in [-0.1, -0.05) is 73.5 Å². The molecule has 0 radical (unpaired) electrons. The van der Waals surface area contributed by atoms with Crippen molar-refractivity contribution < 1.29 is 0 Å². The van der Waals surface area contributed by atoms with Gasteiger partial charge in [0.25, 0.3) is 0 Å². The lowest BCUT2D eigenvalue weighted by Gasteiger charge is -2.60. The maximum atomic E-state index is 2.47. The lowest BCUT2D eigenvalue weighted by molar-refractivity contribution is -0.0810. The first-order chi connectivity index (χ1) is 8.09. The summed E-state index contributed by atoms with van der Waals surface area (Å²) in [4.78, 5) is 0. The van der Waals surface area contributed by atoms with Crippen LogP contribution in [0.1, 0.15) is 74.1 Å². The number of fused-ring (bicyclic) bond motifs is 1. The Morgan fingerprint density at radius 2 is 1.65 bits per heavy atom. The molecule has 102 valence electrons. The summed E-state index contributed by atoms with van der Waals surface area (Å²) in [6.07, 6.45) is 10.3. The molecule has 0 nitrogen and oxygen atoms in total. The maximum absolute atomic E-state index is 2.47. The molecule has 3 atom stereocenters. The van der Waals surface area contributed by atoms with E-state index in [4.69, 9.17) is 0 Å². The van der Waals surface area contributed by atoms with Crippen LogP contribution in [0.15, 0.2) is 12.2 Å². The highest BCUT2D eigenvalue weighted by Gasteiger charge is 2.54. The number of hydrogen-bond donors (Lipinski definition) is 0.